The molecule has 0 aliphatic heterocycles. The van der Waals surface area contributed by atoms with E-state index in [1.54, 1.807) is 6.07 Å². The van der Waals surface area contributed by atoms with Gasteiger partial charge >= 0.3 is 0 Å². The van der Waals surface area contributed by atoms with Crippen molar-refractivity contribution < 1.29 is 4.79 Å². The Morgan fingerprint density at radius 2 is 1.58 bits per heavy atom. The molecule has 0 atom stereocenters. The molecule has 4 aromatic carbocycles. The van der Waals surface area contributed by atoms with Crippen LogP contribution in [0.2, 0.25) is 0 Å². The molecule has 0 spiro atoms. The van der Waals surface area contributed by atoms with Crippen LogP contribution in [0.3, 0.4) is 0 Å². The largest absolute Gasteiger partial charge is 0.289 e. The predicted octanol–water partition coefficient (Wildman–Crippen LogP) is 5.54. The van der Waals surface area contributed by atoms with Crippen molar-refractivity contribution in [1.82, 2.24) is 15.6 Å². The van der Waals surface area contributed by atoms with Crippen LogP contribution in [-0.4, -0.2) is 21.8 Å². The lowest BCUT2D eigenvalue weighted by Crippen LogP contribution is -2.19. The zero-order valence-electron chi connectivity index (χ0n) is 17.0. The summed E-state index contributed by atoms with van der Waals surface area (Å²) in [4.78, 5) is 12.6. The van der Waals surface area contributed by atoms with Gasteiger partial charge in [-0.3, -0.25) is 9.89 Å². The van der Waals surface area contributed by atoms with Gasteiger partial charge in [-0.2, -0.15) is 10.2 Å². The standard InChI is InChI=1S/C26H20N4O/c1-17(22-12-6-10-19-8-4-5-11-23(19)22)27-30-26(31)25-16-24(28-29-25)21-14-13-18-7-2-3-9-20(18)15-21/h2-16H,1H3,(H,28,29)(H,30,31)/b27-17-. The van der Waals surface area contributed by atoms with E-state index in [0.29, 0.717) is 11.4 Å². The number of aromatic nitrogens is 2. The first-order valence-electron chi connectivity index (χ1n) is 10.1. The Morgan fingerprint density at radius 3 is 2.45 bits per heavy atom. The number of carbonyl (C=O) groups is 1. The normalized spacial score (nSPS) is 11.7. The van der Waals surface area contributed by atoms with Crippen LogP contribution in [0.15, 0.2) is 96.1 Å². The highest BCUT2D eigenvalue weighted by Gasteiger charge is 2.12. The van der Waals surface area contributed by atoms with Gasteiger partial charge < -0.3 is 0 Å². The molecule has 0 saturated carbocycles. The molecule has 1 heterocycles. The van der Waals surface area contributed by atoms with Crippen molar-refractivity contribution in [2.75, 3.05) is 0 Å². The van der Waals surface area contributed by atoms with E-state index >= 15 is 0 Å². The Balaban J connectivity index is 1.36. The first-order valence-corrected chi connectivity index (χ1v) is 10.1. The number of carbonyl (C=O) groups excluding carboxylic acids is 1. The SMILES string of the molecule is C/C(=N/NC(=O)c1cc(-c2ccc3ccccc3c2)n[nH]1)c1cccc2ccccc12. The van der Waals surface area contributed by atoms with Crippen LogP contribution in [-0.2, 0) is 0 Å². The summed E-state index contributed by atoms with van der Waals surface area (Å²) in [6.07, 6.45) is 0. The zero-order valence-corrected chi connectivity index (χ0v) is 17.0. The lowest BCUT2D eigenvalue weighted by Gasteiger charge is -2.06. The molecule has 0 unspecified atom stereocenters. The molecule has 5 aromatic rings. The topological polar surface area (TPSA) is 70.1 Å². The minimum atomic E-state index is -0.334. The van der Waals surface area contributed by atoms with Gasteiger partial charge in [0.15, 0.2) is 0 Å². The molecule has 0 aliphatic rings. The van der Waals surface area contributed by atoms with Crippen molar-refractivity contribution in [1.29, 1.82) is 0 Å². The fraction of sp³-hybridized carbons (Fsp3) is 0.0385. The van der Waals surface area contributed by atoms with E-state index in [1.807, 2.05) is 49.4 Å². The Kier molecular flexibility index (Phi) is 4.77. The van der Waals surface area contributed by atoms with Gasteiger partial charge in [0.2, 0.25) is 0 Å². The minimum Gasteiger partial charge on any atom is -0.272 e. The number of amides is 1. The molecule has 0 aliphatic carbocycles. The number of aromatic amines is 1. The molecule has 2 N–H and O–H groups in total. The third-order valence-corrected chi connectivity index (χ3v) is 5.37. The van der Waals surface area contributed by atoms with Gasteiger partial charge in [-0.05, 0) is 40.6 Å². The quantitative estimate of drug-likeness (QED) is 0.305. The molecule has 5 rings (SSSR count). The van der Waals surface area contributed by atoms with E-state index in [4.69, 9.17) is 0 Å². The van der Waals surface area contributed by atoms with Gasteiger partial charge in [-0.25, -0.2) is 5.43 Å². The van der Waals surface area contributed by atoms with Crippen molar-refractivity contribution in [2.24, 2.45) is 5.10 Å². The van der Waals surface area contributed by atoms with Crippen LogP contribution < -0.4 is 5.43 Å². The minimum absolute atomic E-state index is 0.334. The number of nitrogens with zero attached hydrogens (tertiary/aromatic N) is 2. The van der Waals surface area contributed by atoms with Crippen LogP contribution in [0, 0.1) is 0 Å². The Labute approximate surface area is 179 Å². The number of benzene rings is 4. The van der Waals surface area contributed by atoms with Gasteiger partial charge in [0.05, 0.1) is 11.4 Å². The van der Waals surface area contributed by atoms with Crippen molar-refractivity contribution in [3.8, 4) is 11.3 Å². The summed E-state index contributed by atoms with van der Waals surface area (Å²) < 4.78 is 0. The molecule has 5 nitrogen and oxygen atoms in total. The molecular formula is C26H20N4O. The monoisotopic (exact) mass is 404 g/mol. The lowest BCUT2D eigenvalue weighted by atomic mass is 10.0. The molecule has 0 bridgehead atoms. The van der Waals surface area contributed by atoms with Gasteiger partial charge in [0, 0.05) is 11.1 Å². The second-order valence-electron chi connectivity index (χ2n) is 7.39. The summed E-state index contributed by atoms with van der Waals surface area (Å²) in [5.41, 5.74) is 6.38. The summed E-state index contributed by atoms with van der Waals surface area (Å²) in [7, 11) is 0. The van der Waals surface area contributed by atoms with Gasteiger partial charge in [0.1, 0.15) is 5.69 Å². The number of hydrazone groups is 1. The molecule has 5 heteroatoms. The second kappa shape index (κ2) is 7.88. The summed E-state index contributed by atoms with van der Waals surface area (Å²) in [5, 5.41) is 16.0. The average Bonchev–Trinajstić information content (AvgIpc) is 3.32. The Hall–Kier alpha value is -4.25. The third kappa shape index (κ3) is 3.69. The zero-order chi connectivity index (χ0) is 21.2. The molecule has 0 radical (unpaired) electrons. The third-order valence-electron chi connectivity index (χ3n) is 5.37. The number of fused-ring (bicyclic) bond motifs is 2. The summed E-state index contributed by atoms with van der Waals surface area (Å²) in [6.45, 7) is 1.88. The highest BCUT2D eigenvalue weighted by Crippen LogP contribution is 2.23. The van der Waals surface area contributed by atoms with Gasteiger partial charge in [-0.1, -0.05) is 78.9 Å². The molecule has 0 saturated heterocycles. The van der Waals surface area contributed by atoms with Crippen LogP contribution >= 0.6 is 0 Å². The van der Waals surface area contributed by atoms with E-state index in [-0.39, 0.29) is 5.91 Å². The smallest absolute Gasteiger partial charge is 0.272 e. The summed E-state index contributed by atoms with van der Waals surface area (Å²) >= 11 is 0. The van der Waals surface area contributed by atoms with Crippen LogP contribution in [0.25, 0.3) is 32.8 Å². The second-order valence-corrected chi connectivity index (χ2v) is 7.39. The number of H-pyrrole nitrogens is 1. The van der Waals surface area contributed by atoms with E-state index in [0.717, 1.165) is 38.4 Å². The summed E-state index contributed by atoms with van der Waals surface area (Å²) in [5.74, 6) is -0.334. The highest BCUT2D eigenvalue weighted by molar-refractivity contribution is 6.10. The van der Waals surface area contributed by atoms with E-state index < -0.39 is 0 Å². The highest BCUT2D eigenvalue weighted by atomic mass is 16.2. The Morgan fingerprint density at radius 1 is 0.839 bits per heavy atom. The number of hydrogen-bond donors (Lipinski definition) is 2. The molecular weight excluding hydrogens is 384 g/mol. The Bertz CT molecular complexity index is 1440. The van der Waals surface area contributed by atoms with E-state index in [9.17, 15) is 4.79 Å². The van der Waals surface area contributed by atoms with Crippen molar-refractivity contribution >= 4 is 33.2 Å². The summed E-state index contributed by atoms with van der Waals surface area (Å²) in [6, 6.07) is 30.2. The molecule has 1 aromatic heterocycles. The fourth-order valence-corrected chi connectivity index (χ4v) is 3.73. The van der Waals surface area contributed by atoms with E-state index in [1.165, 1.54) is 0 Å². The van der Waals surface area contributed by atoms with Crippen LogP contribution in [0.4, 0.5) is 0 Å². The molecule has 31 heavy (non-hydrogen) atoms. The number of hydrogen-bond acceptors (Lipinski definition) is 3. The van der Waals surface area contributed by atoms with Crippen molar-refractivity contribution in [2.45, 2.75) is 6.92 Å². The molecule has 1 amide bonds. The predicted molar refractivity (Wildman–Crippen MR) is 125 cm³/mol. The van der Waals surface area contributed by atoms with Crippen LogP contribution in [0.1, 0.15) is 23.0 Å². The maximum atomic E-state index is 12.6. The van der Waals surface area contributed by atoms with Crippen molar-refractivity contribution in [3.63, 3.8) is 0 Å². The number of rotatable bonds is 4. The first kappa shape index (κ1) is 18.8. The van der Waals surface area contributed by atoms with Crippen molar-refractivity contribution in [3.05, 3.63) is 102 Å². The lowest BCUT2D eigenvalue weighted by molar-refractivity contribution is 0.0950. The molecule has 0 fully saturated rings. The van der Waals surface area contributed by atoms with Gasteiger partial charge in [0.25, 0.3) is 5.91 Å². The number of nitrogens with one attached hydrogen (secondary N) is 2. The average molecular weight is 404 g/mol. The maximum absolute atomic E-state index is 12.6. The van der Waals surface area contributed by atoms with E-state index in [2.05, 4.69) is 63.2 Å². The van der Waals surface area contributed by atoms with Gasteiger partial charge in [-0.15, -0.1) is 0 Å². The first-order chi connectivity index (χ1) is 15.2. The fourth-order valence-electron chi connectivity index (χ4n) is 3.73. The molecule has 150 valence electrons. The van der Waals surface area contributed by atoms with Crippen LogP contribution in [0.5, 0.6) is 0 Å². The maximum Gasteiger partial charge on any atom is 0.289 e.